The lowest BCUT2D eigenvalue weighted by Gasteiger charge is -2.29. The summed E-state index contributed by atoms with van der Waals surface area (Å²) in [5, 5.41) is 15.5. The SMILES string of the molecule is CCCCC[C@@H](C(=O)NCNC(=O)c1cccc(-c2ccc(P(=O)(O)O)c(OCC)c2)n1)[C@@H](CC)N(O)C=O. The molecule has 1 aromatic carbocycles. The van der Waals surface area contributed by atoms with Gasteiger partial charge in [0.1, 0.15) is 16.7 Å². The lowest BCUT2D eigenvalue weighted by atomic mass is 9.90. The molecule has 0 aliphatic carbocycles. The summed E-state index contributed by atoms with van der Waals surface area (Å²) in [4.78, 5) is 60.2. The standard InChI is InChI=1S/C26H37N4O8P/c1-4-7-8-10-19(22(5-2)30(34)17-31)25(32)27-16-28-26(33)21-12-9-11-20(29-21)18-13-14-24(39(35,36)37)23(15-18)38-6-3/h9,11-15,17,19,22,34H,4-8,10,16H2,1-3H3,(H,27,32)(H,28,33)(H2,35,36,37)/t19-,22-/m1/s1. The number of pyridine rings is 1. The number of aromatic nitrogens is 1. The minimum absolute atomic E-state index is 0.0256. The first-order valence-electron chi connectivity index (χ1n) is 12.9. The monoisotopic (exact) mass is 564 g/mol. The van der Waals surface area contributed by atoms with E-state index in [1.807, 2.05) is 6.92 Å². The Morgan fingerprint density at radius 3 is 2.49 bits per heavy atom. The van der Waals surface area contributed by atoms with Crippen molar-refractivity contribution in [2.75, 3.05) is 13.3 Å². The molecule has 0 saturated heterocycles. The Bertz CT molecular complexity index is 1170. The molecule has 39 heavy (non-hydrogen) atoms. The van der Waals surface area contributed by atoms with Gasteiger partial charge in [-0.05, 0) is 44.0 Å². The van der Waals surface area contributed by atoms with Crippen LogP contribution >= 0.6 is 7.60 Å². The van der Waals surface area contributed by atoms with Gasteiger partial charge in [0.05, 0.1) is 30.9 Å². The molecule has 5 N–H and O–H groups in total. The van der Waals surface area contributed by atoms with E-state index in [0.717, 1.165) is 19.3 Å². The molecule has 0 unspecified atom stereocenters. The van der Waals surface area contributed by atoms with E-state index in [-0.39, 0.29) is 36.4 Å². The third-order valence-electron chi connectivity index (χ3n) is 6.15. The second-order valence-corrected chi connectivity index (χ2v) is 10.4. The van der Waals surface area contributed by atoms with Gasteiger partial charge >= 0.3 is 7.60 Å². The molecule has 13 heteroatoms. The highest BCUT2D eigenvalue weighted by molar-refractivity contribution is 7.60. The van der Waals surface area contributed by atoms with E-state index < -0.39 is 31.4 Å². The maximum Gasteiger partial charge on any atom is 0.359 e. The highest BCUT2D eigenvalue weighted by Crippen LogP contribution is 2.38. The number of hydrogen-bond donors (Lipinski definition) is 5. The largest absolute Gasteiger partial charge is 0.493 e. The maximum absolute atomic E-state index is 12.9. The van der Waals surface area contributed by atoms with E-state index in [0.29, 0.717) is 29.2 Å². The third kappa shape index (κ3) is 9.14. The summed E-state index contributed by atoms with van der Waals surface area (Å²) in [6.45, 7) is 5.50. The molecule has 0 saturated carbocycles. The number of carbonyl (C=O) groups is 3. The second-order valence-electron chi connectivity index (χ2n) is 8.85. The van der Waals surface area contributed by atoms with Gasteiger partial charge in [-0.15, -0.1) is 0 Å². The van der Waals surface area contributed by atoms with Crippen LogP contribution in [-0.2, 0) is 14.2 Å². The number of nitrogens with one attached hydrogen (secondary N) is 2. The molecule has 0 aliphatic rings. The number of hydrogen-bond acceptors (Lipinski definition) is 7. The van der Waals surface area contributed by atoms with E-state index in [1.54, 1.807) is 26.0 Å². The smallest absolute Gasteiger partial charge is 0.359 e. The van der Waals surface area contributed by atoms with Crippen LogP contribution in [-0.4, -0.2) is 62.6 Å². The van der Waals surface area contributed by atoms with Crippen LogP contribution in [0.2, 0.25) is 0 Å². The minimum Gasteiger partial charge on any atom is -0.493 e. The van der Waals surface area contributed by atoms with Crippen LogP contribution in [0, 0.1) is 5.92 Å². The Hall–Kier alpha value is -3.31. The third-order valence-corrected chi connectivity index (χ3v) is 7.15. The van der Waals surface area contributed by atoms with Gasteiger partial charge in [-0.1, -0.05) is 45.2 Å². The molecule has 1 heterocycles. The zero-order chi connectivity index (χ0) is 29.0. The molecule has 0 fully saturated rings. The Morgan fingerprint density at radius 2 is 1.87 bits per heavy atom. The fourth-order valence-corrected chi connectivity index (χ4v) is 4.87. The first-order chi connectivity index (χ1) is 18.6. The van der Waals surface area contributed by atoms with Crippen molar-refractivity contribution in [1.29, 1.82) is 0 Å². The van der Waals surface area contributed by atoms with Gasteiger partial charge in [-0.3, -0.25) is 24.2 Å². The van der Waals surface area contributed by atoms with Crippen molar-refractivity contribution in [2.24, 2.45) is 5.92 Å². The zero-order valence-electron chi connectivity index (χ0n) is 22.4. The Balaban J connectivity index is 2.12. The van der Waals surface area contributed by atoms with Crippen LogP contribution in [0.4, 0.5) is 0 Å². The van der Waals surface area contributed by atoms with E-state index in [4.69, 9.17) is 4.74 Å². The predicted octanol–water partition coefficient (Wildman–Crippen LogP) is 2.58. The summed E-state index contributed by atoms with van der Waals surface area (Å²) in [5.74, 6) is -1.57. The number of benzene rings is 1. The Kier molecular flexibility index (Phi) is 12.5. The molecule has 0 radical (unpaired) electrons. The molecule has 2 rings (SSSR count). The van der Waals surface area contributed by atoms with Gasteiger partial charge in [-0.2, -0.15) is 0 Å². The van der Waals surface area contributed by atoms with Crippen molar-refractivity contribution < 1.29 is 38.7 Å². The van der Waals surface area contributed by atoms with Crippen molar-refractivity contribution in [3.8, 4) is 17.0 Å². The summed E-state index contributed by atoms with van der Waals surface area (Å²) >= 11 is 0. The number of amides is 3. The van der Waals surface area contributed by atoms with Crippen LogP contribution in [0.1, 0.15) is 63.4 Å². The van der Waals surface area contributed by atoms with E-state index in [2.05, 4.69) is 15.6 Å². The summed E-state index contributed by atoms with van der Waals surface area (Å²) < 4.78 is 17.2. The van der Waals surface area contributed by atoms with Crippen molar-refractivity contribution >= 4 is 31.1 Å². The molecule has 2 aromatic rings. The summed E-state index contributed by atoms with van der Waals surface area (Å²) in [7, 11) is -4.55. The van der Waals surface area contributed by atoms with Gasteiger partial charge in [0.25, 0.3) is 5.91 Å². The van der Waals surface area contributed by atoms with E-state index in [9.17, 15) is 33.9 Å². The number of ether oxygens (including phenoxy) is 1. The number of rotatable bonds is 16. The van der Waals surface area contributed by atoms with Crippen LogP contribution in [0.25, 0.3) is 11.3 Å². The van der Waals surface area contributed by atoms with Gasteiger partial charge in [0.2, 0.25) is 12.3 Å². The van der Waals surface area contributed by atoms with Crippen molar-refractivity contribution in [2.45, 2.75) is 58.9 Å². The van der Waals surface area contributed by atoms with E-state index >= 15 is 0 Å². The molecule has 214 valence electrons. The minimum atomic E-state index is -4.55. The fraction of sp³-hybridized carbons (Fsp3) is 0.462. The Morgan fingerprint density at radius 1 is 1.13 bits per heavy atom. The average molecular weight is 565 g/mol. The lowest BCUT2D eigenvalue weighted by Crippen LogP contribution is -2.47. The molecular formula is C26H37N4O8P. The molecular weight excluding hydrogens is 527 g/mol. The van der Waals surface area contributed by atoms with Gasteiger partial charge in [0.15, 0.2) is 0 Å². The number of nitrogens with zero attached hydrogens (tertiary/aromatic N) is 2. The van der Waals surface area contributed by atoms with E-state index in [1.165, 1.54) is 24.3 Å². The second kappa shape index (κ2) is 15.3. The van der Waals surface area contributed by atoms with Crippen molar-refractivity contribution in [1.82, 2.24) is 20.7 Å². The highest BCUT2D eigenvalue weighted by atomic mass is 31.2. The molecule has 0 aliphatic heterocycles. The molecule has 1 aromatic heterocycles. The maximum atomic E-state index is 12.9. The topological polar surface area (TPSA) is 178 Å². The molecule has 2 atom stereocenters. The molecule has 0 bridgehead atoms. The van der Waals surface area contributed by atoms with Gasteiger partial charge in [-0.25, -0.2) is 10.0 Å². The summed E-state index contributed by atoms with van der Waals surface area (Å²) in [5.41, 5.74) is 0.929. The summed E-state index contributed by atoms with van der Waals surface area (Å²) in [6, 6.07) is 8.25. The zero-order valence-corrected chi connectivity index (χ0v) is 23.3. The van der Waals surface area contributed by atoms with Gasteiger partial charge < -0.3 is 25.2 Å². The first kappa shape index (κ1) is 31.9. The predicted molar refractivity (Wildman–Crippen MR) is 144 cm³/mol. The van der Waals surface area contributed by atoms with Crippen LogP contribution in [0.5, 0.6) is 5.75 Å². The van der Waals surface area contributed by atoms with Crippen molar-refractivity contribution in [3.63, 3.8) is 0 Å². The number of unbranched alkanes of at least 4 members (excludes halogenated alkanes) is 2. The van der Waals surface area contributed by atoms with Gasteiger partial charge in [0, 0.05) is 5.56 Å². The van der Waals surface area contributed by atoms with Crippen molar-refractivity contribution in [3.05, 3.63) is 42.1 Å². The summed E-state index contributed by atoms with van der Waals surface area (Å²) in [6.07, 6.45) is 3.74. The fourth-order valence-electron chi connectivity index (χ4n) is 4.19. The normalized spacial score (nSPS) is 12.8. The first-order valence-corrected chi connectivity index (χ1v) is 14.5. The Labute approximate surface area is 227 Å². The number of carbonyl (C=O) groups excluding carboxylic acids is 3. The quantitative estimate of drug-likeness (QED) is 0.0512. The highest BCUT2D eigenvalue weighted by Gasteiger charge is 2.30. The van der Waals surface area contributed by atoms with Crippen LogP contribution < -0.4 is 20.7 Å². The number of hydroxylamine groups is 2. The molecule has 12 nitrogen and oxygen atoms in total. The van der Waals surface area contributed by atoms with Crippen LogP contribution in [0.15, 0.2) is 36.4 Å². The molecule has 3 amide bonds. The molecule has 0 spiro atoms. The lowest BCUT2D eigenvalue weighted by molar-refractivity contribution is -0.168. The average Bonchev–Trinajstić information content (AvgIpc) is 2.91. The van der Waals surface area contributed by atoms with Crippen LogP contribution in [0.3, 0.4) is 0 Å².